The molecule has 2 amide bonds. The van der Waals surface area contributed by atoms with Gasteiger partial charge in [-0.2, -0.15) is 0 Å². The van der Waals surface area contributed by atoms with Crippen LogP contribution in [0.15, 0.2) is 24.4 Å². The molecule has 0 aromatic carbocycles. The van der Waals surface area contributed by atoms with Gasteiger partial charge in [-0.25, -0.2) is 4.79 Å². The van der Waals surface area contributed by atoms with Crippen molar-refractivity contribution in [2.24, 2.45) is 0 Å². The molecule has 18 heavy (non-hydrogen) atoms. The topological polar surface area (TPSA) is 65.5 Å². The molecule has 0 unspecified atom stereocenters. The first-order valence-electron chi connectivity index (χ1n) is 6.36. The number of aromatic nitrogens is 1. The zero-order valence-electron chi connectivity index (χ0n) is 10.4. The normalized spacial score (nSPS) is 18.9. The van der Waals surface area contributed by atoms with E-state index in [4.69, 9.17) is 5.11 Å². The Morgan fingerprint density at radius 1 is 1.56 bits per heavy atom. The monoisotopic (exact) mass is 249 g/mol. The van der Waals surface area contributed by atoms with E-state index < -0.39 is 0 Å². The lowest BCUT2D eigenvalue weighted by Gasteiger charge is -2.23. The van der Waals surface area contributed by atoms with Gasteiger partial charge in [-0.05, 0) is 25.0 Å². The van der Waals surface area contributed by atoms with E-state index >= 15 is 0 Å². The van der Waals surface area contributed by atoms with Gasteiger partial charge in [0.15, 0.2) is 0 Å². The van der Waals surface area contributed by atoms with Gasteiger partial charge in [-0.1, -0.05) is 6.07 Å². The summed E-state index contributed by atoms with van der Waals surface area (Å²) in [6.45, 7) is 1.36. The number of hydrogen-bond donors (Lipinski definition) is 2. The highest BCUT2D eigenvalue weighted by atomic mass is 16.3. The van der Waals surface area contributed by atoms with Gasteiger partial charge < -0.3 is 15.3 Å². The third-order valence-corrected chi connectivity index (χ3v) is 3.23. The molecule has 0 saturated carbocycles. The van der Waals surface area contributed by atoms with Gasteiger partial charge in [-0.3, -0.25) is 4.98 Å². The Hall–Kier alpha value is -1.62. The van der Waals surface area contributed by atoms with E-state index in [0.29, 0.717) is 6.54 Å². The fourth-order valence-corrected chi connectivity index (χ4v) is 2.24. The van der Waals surface area contributed by atoms with Crippen molar-refractivity contribution in [2.45, 2.75) is 25.3 Å². The number of aliphatic hydroxyl groups is 1. The number of likely N-dealkylation sites (tertiary alicyclic amines) is 1. The number of aliphatic hydroxyl groups excluding tert-OH is 1. The second-order valence-electron chi connectivity index (χ2n) is 4.48. The molecule has 1 aromatic rings. The third kappa shape index (κ3) is 3.20. The van der Waals surface area contributed by atoms with Crippen LogP contribution in [0.2, 0.25) is 0 Å². The van der Waals surface area contributed by atoms with E-state index in [1.165, 1.54) is 0 Å². The molecule has 1 fully saturated rings. The second-order valence-corrected chi connectivity index (χ2v) is 4.48. The van der Waals surface area contributed by atoms with E-state index in [2.05, 4.69) is 10.3 Å². The van der Waals surface area contributed by atoms with Crippen molar-refractivity contribution in [1.82, 2.24) is 15.2 Å². The van der Waals surface area contributed by atoms with Gasteiger partial charge in [0.1, 0.15) is 0 Å². The van der Waals surface area contributed by atoms with Crippen LogP contribution >= 0.6 is 0 Å². The van der Waals surface area contributed by atoms with Gasteiger partial charge in [0.2, 0.25) is 0 Å². The van der Waals surface area contributed by atoms with Crippen molar-refractivity contribution in [1.29, 1.82) is 0 Å². The minimum absolute atomic E-state index is 0.0140. The van der Waals surface area contributed by atoms with E-state index in [1.54, 1.807) is 11.1 Å². The number of hydrogen-bond acceptors (Lipinski definition) is 3. The van der Waals surface area contributed by atoms with Gasteiger partial charge >= 0.3 is 6.03 Å². The Labute approximate surface area is 107 Å². The van der Waals surface area contributed by atoms with Crippen LogP contribution in [0.4, 0.5) is 4.79 Å². The van der Waals surface area contributed by atoms with Crippen LogP contribution in [0, 0.1) is 0 Å². The zero-order chi connectivity index (χ0) is 12.8. The lowest BCUT2D eigenvalue weighted by molar-refractivity contribution is 0.157. The molecule has 2 rings (SSSR count). The van der Waals surface area contributed by atoms with Crippen LogP contribution < -0.4 is 5.32 Å². The number of carbonyl (C=O) groups excluding carboxylic acids is 1. The summed E-state index contributed by atoms with van der Waals surface area (Å²) in [5.74, 6) is 0. The van der Waals surface area contributed by atoms with Crippen LogP contribution in [-0.4, -0.2) is 46.8 Å². The van der Waals surface area contributed by atoms with Crippen LogP contribution in [0.1, 0.15) is 18.5 Å². The first-order chi connectivity index (χ1) is 8.81. The molecular formula is C13H19N3O2. The summed E-state index contributed by atoms with van der Waals surface area (Å²) < 4.78 is 0. The molecule has 5 heteroatoms. The molecule has 1 aromatic heterocycles. The molecule has 2 N–H and O–H groups in total. The average Bonchev–Trinajstić information content (AvgIpc) is 2.88. The van der Waals surface area contributed by atoms with E-state index in [9.17, 15) is 4.79 Å². The summed E-state index contributed by atoms with van der Waals surface area (Å²) in [5, 5.41) is 12.0. The Balaban J connectivity index is 1.75. The Bertz CT molecular complexity index is 383. The zero-order valence-corrected chi connectivity index (χ0v) is 10.4. The molecule has 5 nitrogen and oxygen atoms in total. The highest BCUT2D eigenvalue weighted by molar-refractivity contribution is 5.74. The van der Waals surface area contributed by atoms with Gasteiger partial charge in [-0.15, -0.1) is 0 Å². The maximum Gasteiger partial charge on any atom is 0.317 e. The number of nitrogens with zero attached hydrogens (tertiary/aromatic N) is 2. The summed E-state index contributed by atoms with van der Waals surface area (Å²) in [4.78, 5) is 17.8. The predicted molar refractivity (Wildman–Crippen MR) is 68.2 cm³/mol. The maximum absolute atomic E-state index is 11.9. The minimum Gasteiger partial charge on any atom is -0.394 e. The highest BCUT2D eigenvalue weighted by Crippen LogP contribution is 2.16. The summed E-state index contributed by atoms with van der Waals surface area (Å²) in [7, 11) is 0. The molecule has 1 saturated heterocycles. The average molecular weight is 249 g/mol. The smallest absolute Gasteiger partial charge is 0.317 e. The maximum atomic E-state index is 11.9. The number of pyridine rings is 1. The lowest BCUT2D eigenvalue weighted by Crippen LogP contribution is -2.44. The number of nitrogens with one attached hydrogen (secondary N) is 1. The van der Waals surface area contributed by atoms with E-state index in [-0.39, 0.29) is 18.7 Å². The van der Waals surface area contributed by atoms with Crippen molar-refractivity contribution < 1.29 is 9.90 Å². The van der Waals surface area contributed by atoms with Gasteiger partial charge in [0.05, 0.1) is 12.6 Å². The largest absolute Gasteiger partial charge is 0.394 e. The molecule has 1 aliphatic rings. The van der Waals surface area contributed by atoms with Gasteiger partial charge in [0, 0.05) is 31.4 Å². The molecule has 2 heterocycles. The quantitative estimate of drug-likeness (QED) is 0.829. The fraction of sp³-hybridized carbons (Fsp3) is 0.538. The fourth-order valence-electron chi connectivity index (χ4n) is 2.24. The molecule has 1 atom stereocenters. The molecule has 0 aliphatic carbocycles. The summed E-state index contributed by atoms with van der Waals surface area (Å²) in [6.07, 6.45) is 4.34. The number of carbonyl (C=O) groups is 1. The molecule has 1 aliphatic heterocycles. The van der Waals surface area contributed by atoms with E-state index in [0.717, 1.165) is 31.5 Å². The van der Waals surface area contributed by atoms with Crippen LogP contribution in [0.3, 0.4) is 0 Å². The molecular weight excluding hydrogens is 230 g/mol. The molecule has 0 spiro atoms. The van der Waals surface area contributed by atoms with E-state index in [1.807, 2.05) is 18.2 Å². The Kier molecular flexibility index (Phi) is 4.52. The van der Waals surface area contributed by atoms with Crippen molar-refractivity contribution in [3.8, 4) is 0 Å². The highest BCUT2D eigenvalue weighted by Gasteiger charge is 2.27. The standard InChI is InChI=1S/C13H19N3O2/c17-10-12-5-3-9-16(12)13(18)15-8-6-11-4-1-2-7-14-11/h1-2,4,7,12,17H,3,5-6,8-10H2,(H,15,18)/t12-/m1/s1. The summed E-state index contributed by atoms with van der Waals surface area (Å²) in [5.41, 5.74) is 0.970. The first-order valence-corrected chi connectivity index (χ1v) is 6.36. The Morgan fingerprint density at radius 3 is 3.17 bits per heavy atom. The van der Waals surface area contributed by atoms with Crippen molar-refractivity contribution in [2.75, 3.05) is 19.7 Å². The Morgan fingerprint density at radius 2 is 2.44 bits per heavy atom. The number of urea groups is 1. The van der Waals surface area contributed by atoms with Crippen LogP contribution in [0.5, 0.6) is 0 Å². The number of rotatable bonds is 4. The van der Waals surface area contributed by atoms with Crippen molar-refractivity contribution in [3.63, 3.8) is 0 Å². The predicted octanol–water partition coefficient (Wildman–Crippen LogP) is 0.790. The summed E-state index contributed by atoms with van der Waals surface area (Å²) in [6, 6.07) is 5.66. The molecule has 0 radical (unpaired) electrons. The van der Waals surface area contributed by atoms with Crippen molar-refractivity contribution >= 4 is 6.03 Å². The number of amides is 2. The molecule has 98 valence electrons. The van der Waals surface area contributed by atoms with Crippen molar-refractivity contribution in [3.05, 3.63) is 30.1 Å². The SMILES string of the molecule is O=C(NCCc1ccccn1)N1CCC[C@@H]1CO. The van der Waals surface area contributed by atoms with Crippen LogP contribution in [-0.2, 0) is 6.42 Å². The first kappa shape index (κ1) is 12.8. The third-order valence-electron chi connectivity index (χ3n) is 3.23. The van der Waals surface area contributed by atoms with Crippen LogP contribution in [0.25, 0.3) is 0 Å². The van der Waals surface area contributed by atoms with Gasteiger partial charge in [0.25, 0.3) is 0 Å². The second kappa shape index (κ2) is 6.35. The molecule has 0 bridgehead atoms. The lowest BCUT2D eigenvalue weighted by atomic mass is 10.2. The minimum atomic E-state index is -0.0810. The summed E-state index contributed by atoms with van der Waals surface area (Å²) >= 11 is 0.